The van der Waals surface area contributed by atoms with Crippen molar-refractivity contribution >= 4 is 23.5 Å². The lowest BCUT2D eigenvalue weighted by Gasteiger charge is -2.14. The van der Waals surface area contributed by atoms with Gasteiger partial charge in [-0.05, 0) is 48.9 Å². The smallest absolute Gasteiger partial charge is 0.337 e. The Hall–Kier alpha value is -2.33. The van der Waals surface area contributed by atoms with E-state index in [-0.39, 0.29) is 11.9 Å². The molecule has 1 atom stereocenters. The van der Waals surface area contributed by atoms with Gasteiger partial charge in [0, 0.05) is 10.6 Å². The van der Waals surface area contributed by atoms with Crippen molar-refractivity contribution in [1.29, 1.82) is 0 Å². The minimum Gasteiger partial charge on any atom is -0.465 e. The SMILES string of the molecule is COC(=O)c1ccc(C(=O)NC(C)c2cccc(Cl)c2)cc1. The van der Waals surface area contributed by atoms with Gasteiger partial charge in [-0.15, -0.1) is 0 Å². The van der Waals surface area contributed by atoms with Gasteiger partial charge in [-0.2, -0.15) is 0 Å². The van der Waals surface area contributed by atoms with Crippen molar-refractivity contribution in [3.05, 3.63) is 70.2 Å². The average Bonchev–Trinajstić information content (AvgIpc) is 2.54. The third-order valence-corrected chi connectivity index (χ3v) is 3.50. The van der Waals surface area contributed by atoms with Crippen LogP contribution >= 0.6 is 11.6 Å². The lowest BCUT2D eigenvalue weighted by molar-refractivity contribution is 0.0600. The van der Waals surface area contributed by atoms with Crippen LogP contribution in [-0.4, -0.2) is 19.0 Å². The van der Waals surface area contributed by atoms with Crippen molar-refractivity contribution in [2.45, 2.75) is 13.0 Å². The van der Waals surface area contributed by atoms with Crippen LogP contribution in [0.15, 0.2) is 48.5 Å². The first kappa shape index (κ1) is 16.0. The summed E-state index contributed by atoms with van der Waals surface area (Å²) >= 11 is 5.95. The van der Waals surface area contributed by atoms with Gasteiger partial charge in [0.25, 0.3) is 5.91 Å². The van der Waals surface area contributed by atoms with Gasteiger partial charge in [0.1, 0.15) is 0 Å². The van der Waals surface area contributed by atoms with Crippen LogP contribution in [0.4, 0.5) is 0 Å². The molecule has 5 heteroatoms. The molecule has 0 saturated heterocycles. The Morgan fingerprint density at radius 1 is 1.09 bits per heavy atom. The molecule has 0 spiro atoms. The second-order valence-electron chi connectivity index (χ2n) is 4.82. The molecule has 0 aliphatic heterocycles. The van der Waals surface area contributed by atoms with Crippen LogP contribution in [0.5, 0.6) is 0 Å². The van der Waals surface area contributed by atoms with E-state index in [0.29, 0.717) is 16.1 Å². The van der Waals surface area contributed by atoms with E-state index in [0.717, 1.165) is 5.56 Å². The summed E-state index contributed by atoms with van der Waals surface area (Å²) in [6, 6.07) is 13.5. The highest BCUT2D eigenvalue weighted by Crippen LogP contribution is 2.18. The fourth-order valence-electron chi connectivity index (χ4n) is 2.01. The second-order valence-corrected chi connectivity index (χ2v) is 5.26. The molecular weight excluding hydrogens is 302 g/mol. The van der Waals surface area contributed by atoms with Crippen LogP contribution in [0.1, 0.15) is 39.2 Å². The number of amides is 1. The first-order valence-electron chi connectivity index (χ1n) is 6.76. The highest BCUT2D eigenvalue weighted by molar-refractivity contribution is 6.30. The molecule has 0 bridgehead atoms. The predicted octanol–water partition coefficient (Wildman–Crippen LogP) is 3.62. The minimum absolute atomic E-state index is 0.175. The summed E-state index contributed by atoms with van der Waals surface area (Å²) in [7, 11) is 1.32. The molecule has 2 aromatic carbocycles. The van der Waals surface area contributed by atoms with Gasteiger partial charge in [-0.25, -0.2) is 4.79 Å². The average molecular weight is 318 g/mol. The molecule has 0 aliphatic rings. The minimum atomic E-state index is -0.431. The number of halogens is 1. The third kappa shape index (κ3) is 3.86. The largest absolute Gasteiger partial charge is 0.465 e. The predicted molar refractivity (Wildman–Crippen MR) is 85.1 cm³/mol. The van der Waals surface area contributed by atoms with E-state index < -0.39 is 5.97 Å². The number of nitrogens with one attached hydrogen (secondary N) is 1. The lowest BCUT2D eigenvalue weighted by Crippen LogP contribution is -2.26. The van der Waals surface area contributed by atoms with E-state index in [1.807, 2.05) is 25.1 Å². The fraction of sp³-hybridized carbons (Fsp3) is 0.176. The Labute approximate surface area is 134 Å². The van der Waals surface area contributed by atoms with Crippen molar-refractivity contribution in [2.75, 3.05) is 7.11 Å². The van der Waals surface area contributed by atoms with E-state index in [4.69, 9.17) is 11.6 Å². The normalized spacial score (nSPS) is 11.6. The Morgan fingerprint density at radius 2 is 1.73 bits per heavy atom. The van der Waals surface area contributed by atoms with Crippen molar-refractivity contribution in [1.82, 2.24) is 5.32 Å². The molecule has 114 valence electrons. The van der Waals surface area contributed by atoms with E-state index in [9.17, 15) is 9.59 Å². The van der Waals surface area contributed by atoms with Crippen LogP contribution in [-0.2, 0) is 4.74 Å². The molecular formula is C17H16ClNO3. The number of methoxy groups -OCH3 is 1. The van der Waals surface area contributed by atoms with Gasteiger partial charge in [0.15, 0.2) is 0 Å². The maximum atomic E-state index is 12.2. The van der Waals surface area contributed by atoms with Gasteiger partial charge < -0.3 is 10.1 Å². The summed E-state index contributed by atoms with van der Waals surface area (Å²) in [6.07, 6.45) is 0. The summed E-state index contributed by atoms with van der Waals surface area (Å²) in [5.74, 6) is -0.650. The fourth-order valence-corrected chi connectivity index (χ4v) is 2.21. The molecule has 0 radical (unpaired) electrons. The number of hydrogen-bond donors (Lipinski definition) is 1. The molecule has 0 saturated carbocycles. The number of carbonyl (C=O) groups is 2. The quantitative estimate of drug-likeness (QED) is 0.876. The number of benzene rings is 2. The first-order valence-corrected chi connectivity index (χ1v) is 7.14. The van der Waals surface area contributed by atoms with Gasteiger partial charge in [0.05, 0.1) is 18.7 Å². The second kappa shape index (κ2) is 7.09. The van der Waals surface area contributed by atoms with Crippen molar-refractivity contribution < 1.29 is 14.3 Å². The van der Waals surface area contributed by atoms with Gasteiger partial charge in [-0.3, -0.25) is 4.79 Å². The lowest BCUT2D eigenvalue weighted by atomic mass is 10.1. The molecule has 4 nitrogen and oxygen atoms in total. The highest BCUT2D eigenvalue weighted by atomic mass is 35.5. The number of carbonyl (C=O) groups excluding carboxylic acids is 2. The summed E-state index contributed by atoms with van der Waals surface area (Å²) in [5, 5.41) is 3.51. The Kier molecular flexibility index (Phi) is 5.17. The topological polar surface area (TPSA) is 55.4 Å². The number of rotatable bonds is 4. The molecule has 1 amide bonds. The van der Waals surface area contributed by atoms with Crippen molar-refractivity contribution in [3.63, 3.8) is 0 Å². The van der Waals surface area contributed by atoms with E-state index in [1.165, 1.54) is 7.11 Å². The first-order chi connectivity index (χ1) is 10.5. The van der Waals surface area contributed by atoms with E-state index >= 15 is 0 Å². The summed E-state index contributed by atoms with van der Waals surface area (Å²) < 4.78 is 4.62. The van der Waals surface area contributed by atoms with Crippen LogP contribution in [0.2, 0.25) is 5.02 Å². The molecule has 0 aliphatic carbocycles. The van der Waals surface area contributed by atoms with Crippen molar-refractivity contribution in [2.24, 2.45) is 0 Å². The molecule has 0 fully saturated rings. The molecule has 1 N–H and O–H groups in total. The van der Waals surface area contributed by atoms with Crippen LogP contribution in [0, 0.1) is 0 Å². The highest BCUT2D eigenvalue weighted by Gasteiger charge is 2.13. The van der Waals surface area contributed by atoms with Gasteiger partial charge in [-0.1, -0.05) is 23.7 Å². The molecule has 22 heavy (non-hydrogen) atoms. The zero-order valence-corrected chi connectivity index (χ0v) is 13.1. The van der Waals surface area contributed by atoms with E-state index in [1.54, 1.807) is 30.3 Å². The number of esters is 1. The maximum Gasteiger partial charge on any atom is 0.337 e. The monoisotopic (exact) mass is 317 g/mol. The maximum absolute atomic E-state index is 12.2. The molecule has 0 heterocycles. The Morgan fingerprint density at radius 3 is 2.32 bits per heavy atom. The van der Waals surface area contributed by atoms with Crippen LogP contribution < -0.4 is 5.32 Å². The van der Waals surface area contributed by atoms with Crippen LogP contribution in [0.25, 0.3) is 0 Å². The zero-order valence-electron chi connectivity index (χ0n) is 12.3. The summed E-state index contributed by atoms with van der Waals surface area (Å²) in [5.41, 5.74) is 1.80. The Bertz CT molecular complexity index is 683. The molecule has 1 unspecified atom stereocenters. The summed E-state index contributed by atoms with van der Waals surface area (Å²) in [4.78, 5) is 23.6. The number of ether oxygens (including phenoxy) is 1. The van der Waals surface area contributed by atoms with Crippen molar-refractivity contribution in [3.8, 4) is 0 Å². The third-order valence-electron chi connectivity index (χ3n) is 3.26. The standard InChI is InChI=1S/C17H16ClNO3/c1-11(14-4-3-5-15(18)10-14)19-16(20)12-6-8-13(9-7-12)17(21)22-2/h3-11H,1-2H3,(H,19,20). The van der Waals surface area contributed by atoms with Crippen LogP contribution in [0.3, 0.4) is 0 Å². The summed E-state index contributed by atoms with van der Waals surface area (Å²) in [6.45, 7) is 1.88. The van der Waals surface area contributed by atoms with Gasteiger partial charge in [0.2, 0.25) is 0 Å². The molecule has 0 aromatic heterocycles. The van der Waals surface area contributed by atoms with E-state index in [2.05, 4.69) is 10.1 Å². The van der Waals surface area contributed by atoms with Gasteiger partial charge >= 0.3 is 5.97 Å². The molecule has 2 rings (SSSR count). The number of hydrogen-bond acceptors (Lipinski definition) is 3. The molecule has 2 aromatic rings. The zero-order chi connectivity index (χ0) is 16.1. The Balaban J connectivity index is 2.07.